The van der Waals surface area contributed by atoms with Crippen LogP contribution in [0.1, 0.15) is 36.0 Å². The molecule has 0 radical (unpaired) electrons. The van der Waals surface area contributed by atoms with E-state index in [1.165, 1.54) is 43.9 Å². The number of aromatic carboxylic acids is 1. The van der Waals surface area contributed by atoms with E-state index in [2.05, 4.69) is 10.6 Å². The number of aromatic hydroxyl groups is 1. The van der Waals surface area contributed by atoms with Crippen molar-refractivity contribution in [3.8, 4) is 5.75 Å². The molecule has 1 aromatic rings. The minimum atomic E-state index is -1.20. The largest absolute Gasteiger partial charge is 0.507 e. The summed E-state index contributed by atoms with van der Waals surface area (Å²) in [5, 5.41) is 24.1. The van der Waals surface area contributed by atoms with Crippen molar-refractivity contribution in [2.45, 2.75) is 31.7 Å². The fraction of sp³-hybridized carbons (Fsp3) is 0.467. The van der Waals surface area contributed by atoms with Gasteiger partial charge in [-0.2, -0.15) is 0 Å². The van der Waals surface area contributed by atoms with Crippen LogP contribution in [0.15, 0.2) is 18.2 Å². The lowest BCUT2D eigenvalue weighted by atomic mass is 10.1. The van der Waals surface area contributed by atoms with E-state index in [0.717, 1.165) is 0 Å². The van der Waals surface area contributed by atoms with Gasteiger partial charge in [0.15, 0.2) is 0 Å². The predicted octanol–water partition coefficient (Wildman–Crippen LogP) is 2.40. The minimum absolute atomic E-state index is 0.185. The Morgan fingerprint density at radius 1 is 1.14 bits per heavy atom. The van der Waals surface area contributed by atoms with Gasteiger partial charge in [0, 0.05) is 17.8 Å². The number of urea groups is 1. The van der Waals surface area contributed by atoms with E-state index >= 15 is 0 Å². The number of carboxylic acids is 1. The molecule has 2 fully saturated rings. The molecule has 0 unspecified atom stereocenters. The van der Waals surface area contributed by atoms with Gasteiger partial charge in [-0.1, -0.05) is 0 Å². The lowest BCUT2D eigenvalue weighted by Gasteiger charge is -2.18. The maximum absolute atomic E-state index is 12.0. The average Bonchev–Trinajstić information content (AvgIpc) is 3.27. The van der Waals surface area contributed by atoms with Crippen LogP contribution < -0.4 is 10.6 Å². The number of anilines is 1. The second kappa shape index (κ2) is 5.27. The number of rotatable bonds is 5. The second-order valence-electron chi connectivity index (χ2n) is 5.84. The quantitative estimate of drug-likeness (QED) is 0.669. The molecule has 0 bridgehead atoms. The number of carbonyl (C=O) groups is 2. The van der Waals surface area contributed by atoms with Crippen LogP contribution in [0.5, 0.6) is 5.75 Å². The summed E-state index contributed by atoms with van der Waals surface area (Å²) in [6.07, 6.45) is 4.70. The van der Waals surface area contributed by atoms with Crippen molar-refractivity contribution < 1.29 is 19.8 Å². The Morgan fingerprint density at radius 2 is 1.76 bits per heavy atom. The summed E-state index contributed by atoms with van der Waals surface area (Å²) >= 11 is 0. The molecule has 2 amide bonds. The molecule has 6 nitrogen and oxygen atoms in total. The topological polar surface area (TPSA) is 98.7 Å². The fourth-order valence-electron chi connectivity index (χ4n) is 2.64. The lowest BCUT2D eigenvalue weighted by Crippen LogP contribution is -2.40. The van der Waals surface area contributed by atoms with Gasteiger partial charge in [0.25, 0.3) is 0 Å². The van der Waals surface area contributed by atoms with Crippen molar-refractivity contribution >= 4 is 17.7 Å². The number of nitrogens with one attached hydrogen (secondary N) is 2. The van der Waals surface area contributed by atoms with Crippen LogP contribution in [0.25, 0.3) is 0 Å². The van der Waals surface area contributed by atoms with Gasteiger partial charge in [0.05, 0.1) is 0 Å². The maximum Gasteiger partial charge on any atom is 0.339 e. The first kappa shape index (κ1) is 13.7. The summed E-state index contributed by atoms with van der Waals surface area (Å²) in [6.45, 7) is 0. The molecule has 6 heteroatoms. The number of phenols is 1. The van der Waals surface area contributed by atoms with Crippen molar-refractivity contribution in [2.24, 2.45) is 11.8 Å². The van der Waals surface area contributed by atoms with E-state index in [9.17, 15) is 14.7 Å². The van der Waals surface area contributed by atoms with Gasteiger partial charge in [0.1, 0.15) is 11.3 Å². The van der Waals surface area contributed by atoms with E-state index in [0.29, 0.717) is 17.5 Å². The molecule has 4 N–H and O–H groups in total. The van der Waals surface area contributed by atoms with Crippen molar-refractivity contribution in [1.29, 1.82) is 0 Å². The lowest BCUT2D eigenvalue weighted by molar-refractivity contribution is 0.0694. The Hall–Kier alpha value is -2.24. The van der Waals surface area contributed by atoms with Gasteiger partial charge in [-0.05, 0) is 49.7 Å². The van der Waals surface area contributed by atoms with E-state index < -0.39 is 5.97 Å². The maximum atomic E-state index is 12.0. The SMILES string of the molecule is O=C(Nc1ccc(C(=O)O)c(O)c1)NC(C1CC1)C1CC1. The van der Waals surface area contributed by atoms with Crippen molar-refractivity contribution in [2.75, 3.05) is 5.32 Å². The summed E-state index contributed by atoms with van der Waals surface area (Å²) in [5.74, 6) is -0.357. The Bertz CT molecular complexity index is 567. The fourth-order valence-corrected chi connectivity index (χ4v) is 2.64. The number of benzene rings is 1. The predicted molar refractivity (Wildman–Crippen MR) is 76.5 cm³/mol. The third-order valence-corrected chi connectivity index (χ3v) is 4.04. The monoisotopic (exact) mass is 290 g/mol. The van der Waals surface area contributed by atoms with Crippen molar-refractivity contribution in [1.82, 2.24) is 5.32 Å². The molecule has 2 aliphatic carbocycles. The summed E-state index contributed by atoms with van der Waals surface area (Å²) in [7, 11) is 0. The van der Waals surface area contributed by atoms with Gasteiger partial charge in [0.2, 0.25) is 0 Å². The van der Waals surface area contributed by atoms with Crippen LogP contribution in [0, 0.1) is 11.8 Å². The Morgan fingerprint density at radius 3 is 2.24 bits per heavy atom. The number of hydrogen-bond acceptors (Lipinski definition) is 3. The zero-order valence-corrected chi connectivity index (χ0v) is 11.5. The van der Waals surface area contributed by atoms with E-state index in [4.69, 9.17) is 5.11 Å². The molecule has 21 heavy (non-hydrogen) atoms. The van der Waals surface area contributed by atoms with E-state index in [1.54, 1.807) is 0 Å². The van der Waals surface area contributed by atoms with E-state index in [-0.39, 0.29) is 23.4 Å². The third kappa shape index (κ3) is 3.26. The number of carboxylic acid groups (broad SMARTS) is 1. The highest BCUT2D eigenvalue weighted by Crippen LogP contribution is 2.44. The Balaban J connectivity index is 1.61. The minimum Gasteiger partial charge on any atom is -0.507 e. The Labute approximate surface area is 122 Å². The number of hydrogen-bond donors (Lipinski definition) is 4. The molecule has 0 aromatic heterocycles. The van der Waals surface area contributed by atoms with Crippen LogP contribution in [0.4, 0.5) is 10.5 Å². The normalized spacial score (nSPS) is 17.6. The summed E-state index contributed by atoms with van der Waals surface area (Å²) in [5.41, 5.74) is 0.190. The highest BCUT2D eigenvalue weighted by Gasteiger charge is 2.42. The van der Waals surface area contributed by atoms with Crippen LogP contribution in [0.2, 0.25) is 0 Å². The van der Waals surface area contributed by atoms with Crippen molar-refractivity contribution in [3.05, 3.63) is 23.8 Å². The van der Waals surface area contributed by atoms with Crippen LogP contribution in [-0.2, 0) is 0 Å². The molecular formula is C15H18N2O4. The van der Waals surface area contributed by atoms with Crippen LogP contribution in [0.3, 0.4) is 0 Å². The summed E-state index contributed by atoms with van der Waals surface area (Å²) in [4.78, 5) is 22.8. The molecule has 0 atom stereocenters. The molecule has 0 spiro atoms. The van der Waals surface area contributed by atoms with Crippen LogP contribution >= 0.6 is 0 Å². The highest BCUT2D eigenvalue weighted by molar-refractivity contribution is 5.94. The molecule has 2 saturated carbocycles. The highest BCUT2D eigenvalue weighted by atomic mass is 16.4. The molecule has 112 valence electrons. The zero-order chi connectivity index (χ0) is 15.0. The van der Waals surface area contributed by atoms with E-state index in [1.807, 2.05) is 0 Å². The molecule has 1 aromatic carbocycles. The third-order valence-electron chi connectivity index (χ3n) is 4.04. The Kier molecular flexibility index (Phi) is 3.45. The van der Waals surface area contributed by atoms with Gasteiger partial charge in [-0.15, -0.1) is 0 Å². The molecule has 0 saturated heterocycles. The smallest absolute Gasteiger partial charge is 0.339 e. The molecule has 2 aliphatic rings. The number of amides is 2. The van der Waals surface area contributed by atoms with Crippen molar-refractivity contribution in [3.63, 3.8) is 0 Å². The first-order valence-corrected chi connectivity index (χ1v) is 7.18. The standard InChI is InChI=1S/C15H18N2O4/c18-12-7-10(5-6-11(12)14(19)20)16-15(21)17-13(8-1-2-8)9-3-4-9/h5-9,13,18H,1-4H2,(H,19,20)(H2,16,17,21). The molecule has 3 rings (SSSR count). The molecule has 0 heterocycles. The first-order valence-electron chi connectivity index (χ1n) is 7.18. The summed E-state index contributed by atoms with van der Waals surface area (Å²) < 4.78 is 0. The second-order valence-corrected chi connectivity index (χ2v) is 5.84. The van der Waals surface area contributed by atoms with Gasteiger partial charge >= 0.3 is 12.0 Å². The van der Waals surface area contributed by atoms with Crippen LogP contribution in [-0.4, -0.2) is 28.3 Å². The van der Waals surface area contributed by atoms with Gasteiger partial charge in [-0.25, -0.2) is 9.59 Å². The first-order chi connectivity index (χ1) is 10.0. The van der Waals surface area contributed by atoms with Gasteiger partial charge in [-0.3, -0.25) is 0 Å². The summed E-state index contributed by atoms with van der Waals surface area (Å²) in [6, 6.07) is 3.92. The average molecular weight is 290 g/mol. The van der Waals surface area contributed by atoms with Gasteiger partial charge < -0.3 is 20.8 Å². The number of carbonyl (C=O) groups excluding carboxylic acids is 1. The molecule has 0 aliphatic heterocycles. The zero-order valence-electron chi connectivity index (χ0n) is 11.5. The molecular weight excluding hydrogens is 272 g/mol.